The van der Waals surface area contributed by atoms with Gasteiger partial charge in [-0.3, -0.25) is 0 Å². The summed E-state index contributed by atoms with van der Waals surface area (Å²) in [5.41, 5.74) is -0.284. The molecular formula is C15H19BrF3NO. The summed E-state index contributed by atoms with van der Waals surface area (Å²) in [5.74, 6) is 0. The fourth-order valence-electron chi connectivity index (χ4n) is 2.61. The van der Waals surface area contributed by atoms with Crippen molar-refractivity contribution in [2.24, 2.45) is 5.41 Å². The highest BCUT2D eigenvalue weighted by molar-refractivity contribution is 9.10. The maximum Gasteiger partial charge on any atom is 0.416 e. The van der Waals surface area contributed by atoms with Crippen LogP contribution in [0, 0.1) is 5.41 Å². The highest BCUT2D eigenvalue weighted by Crippen LogP contribution is 2.45. The van der Waals surface area contributed by atoms with Gasteiger partial charge in [-0.2, -0.15) is 13.2 Å². The fraction of sp³-hybridized carbons (Fsp3) is 0.600. The molecule has 0 aromatic heterocycles. The lowest BCUT2D eigenvalue weighted by atomic mass is 9.64. The van der Waals surface area contributed by atoms with Gasteiger partial charge in [0.05, 0.1) is 11.7 Å². The van der Waals surface area contributed by atoms with Crippen LogP contribution in [0.5, 0.6) is 0 Å². The van der Waals surface area contributed by atoms with Crippen molar-refractivity contribution in [3.8, 4) is 0 Å². The first-order valence-electron chi connectivity index (χ1n) is 6.91. The van der Waals surface area contributed by atoms with Crippen LogP contribution >= 0.6 is 15.9 Å². The molecule has 0 amide bonds. The van der Waals surface area contributed by atoms with Crippen molar-refractivity contribution < 1.29 is 17.9 Å². The molecule has 2 atom stereocenters. The Labute approximate surface area is 131 Å². The zero-order chi connectivity index (χ0) is 15.8. The number of hydrogen-bond donors (Lipinski definition) is 1. The zero-order valence-corrected chi connectivity index (χ0v) is 13.8. The Balaban J connectivity index is 2.14. The van der Waals surface area contributed by atoms with Crippen molar-refractivity contribution >= 4 is 21.6 Å². The summed E-state index contributed by atoms with van der Waals surface area (Å²) in [6, 6.07) is 3.74. The summed E-state index contributed by atoms with van der Waals surface area (Å²) in [4.78, 5) is 0. The molecular weight excluding hydrogens is 347 g/mol. The normalized spacial score (nSPS) is 24.5. The average molecular weight is 366 g/mol. The molecule has 1 N–H and O–H groups in total. The van der Waals surface area contributed by atoms with E-state index >= 15 is 0 Å². The molecule has 1 aliphatic rings. The fourth-order valence-corrected chi connectivity index (χ4v) is 2.98. The van der Waals surface area contributed by atoms with E-state index in [-0.39, 0.29) is 17.6 Å². The summed E-state index contributed by atoms with van der Waals surface area (Å²) in [6.07, 6.45) is -3.39. The molecule has 0 radical (unpaired) electrons. The molecule has 1 aliphatic carbocycles. The molecule has 2 rings (SSSR count). The predicted octanol–water partition coefficient (Wildman–Crippen LogP) is 5.08. The van der Waals surface area contributed by atoms with E-state index in [2.05, 4.69) is 35.1 Å². The van der Waals surface area contributed by atoms with Crippen molar-refractivity contribution in [2.45, 2.75) is 45.5 Å². The van der Waals surface area contributed by atoms with E-state index in [0.29, 0.717) is 16.8 Å². The van der Waals surface area contributed by atoms with Crippen LogP contribution in [0.2, 0.25) is 0 Å². The van der Waals surface area contributed by atoms with Crippen molar-refractivity contribution in [3.05, 3.63) is 28.2 Å². The third-order valence-corrected chi connectivity index (χ3v) is 4.86. The lowest BCUT2D eigenvalue weighted by molar-refractivity contribution is -0.137. The molecule has 1 aromatic carbocycles. The minimum atomic E-state index is -4.33. The molecule has 0 saturated heterocycles. The molecule has 0 spiro atoms. The molecule has 2 unspecified atom stereocenters. The van der Waals surface area contributed by atoms with E-state index in [1.54, 1.807) is 0 Å². The number of hydrogen-bond acceptors (Lipinski definition) is 2. The predicted molar refractivity (Wildman–Crippen MR) is 80.4 cm³/mol. The van der Waals surface area contributed by atoms with Gasteiger partial charge in [-0.1, -0.05) is 13.8 Å². The molecule has 0 heterocycles. The Kier molecular flexibility index (Phi) is 4.59. The zero-order valence-electron chi connectivity index (χ0n) is 12.2. The Morgan fingerprint density at radius 1 is 1.38 bits per heavy atom. The maximum atomic E-state index is 12.8. The maximum absolute atomic E-state index is 12.8. The molecule has 1 fully saturated rings. The van der Waals surface area contributed by atoms with Crippen LogP contribution in [0.4, 0.5) is 18.9 Å². The lowest BCUT2D eigenvalue weighted by Crippen LogP contribution is -2.58. The van der Waals surface area contributed by atoms with E-state index in [9.17, 15) is 13.2 Å². The Morgan fingerprint density at radius 2 is 2.05 bits per heavy atom. The first-order valence-corrected chi connectivity index (χ1v) is 7.70. The van der Waals surface area contributed by atoms with Crippen molar-refractivity contribution in [2.75, 3.05) is 11.9 Å². The van der Waals surface area contributed by atoms with Crippen LogP contribution in [0.15, 0.2) is 22.7 Å². The number of benzene rings is 1. The topological polar surface area (TPSA) is 21.3 Å². The standard InChI is InChI=1S/C15H19BrF3NO/c1-4-21-13-8-12(14(13,2)3)20-11-7-9(15(17,18)19)5-6-10(11)16/h5-7,12-13,20H,4,8H2,1-3H3. The SMILES string of the molecule is CCOC1CC(Nc2cc(C(F)(F)F)ccc2Br)C1(C)C. The summed E-state index contributed by atoms with van der Waals surface area (Å²) in [6.45, 7) is 6.72. The summed E-state index contributed by atoms with van der Waals surface area (Å²) >= 11 is 3.30. The number of nitrogens with one attached hydrogen (secondary N) is 1. The van der Waals surface area contributed by atoms with Gasteiger partial charge < -0.3 is 10.1 Å². The first kappa shape index (κ1) is 16.6. The molecule has 2 nitrogen and oxygen atoms in total. The van der Waals surface area contributed by atoms with Crippen LogP contribution in [0.25, 0.3) is 0 Å². The van der Waals surface area contributed by atoms with E-state index in [4.69, 9.17) is 4.74 Å². The quantitative estimate of drug-likeness (QED) is 0.802. The molecule has 0 aliphatic heterocycles. The molecule has 118 valence electrons. The van der Waals surface area contributed by atoms with E-state index in [1.165, 1.54) is 6.07 Å². The number of rotatable bonds is 4. The third kappa shape index (κ3) is 3.37. The van der Waals surface area contributed by atoms with Crippen LogP contribution in [0.1, 0.15) is 32.8 Å². The summed E-state index contributed by atoms with van der Waals surface area (Å²) < 4.78 is 44.6. The van der Waals surface area contributed by atoms with E-state index < -0.39 is 11.7 Å². The average Bonchev–Trinajstić information content (AvgIpc) is 2.38. The number of halogens is 4. The van der Waals surface area contributed by atoms with Gasteiger partial charge in [0.25, 0.3) is 0 Å². The minimum absolute atomic E-state index is 0.0915. The van der Waals surface area contributed by atoms with Crippen molar-refractivity contribution in [1.29, 1.82) is 0 Å². The van der Waals surface area contributed by atoms with Gasteiger partial charge in [0.2, 0.25) is 0 Å². The lowest BCUT2D eigenvalue weighted by Gasteiger charge is -2.52. The largest absolute Gasteiger partial charge is 0.416 e. The van der Waals surface area contributed by atoms with E-state index in [0.717, 1.165) is 18.6 Å². The Morgan fingerprint density at radius 3 is 2.57 bits per heavy atom. The van der Waals surface area contributed by atoms with Crippen LogP contribution in [0.3, 0.4) is 0 Å². The number of anilines is 1. The smallest absolute Gasteiger partial charge is 0.381 e. The highest BCUT2D eigenvalue weighted by atomic mass is 79.9. The van der Waals surface area contributed by atoms with Gasteiger partial charge in [0.1, 0.15) is 0 Å². The second-order valence-corrected chi connectivity index (χ2v) is 6.74. The van der Waals surface area contributed by atoms with Crippen molar-refractivity contribution in [3.63, 3.8) is 0 Å². The van der Waals surface area contributed by atoms with E-state index in [1.807, 2.05) is 6.92 Å². The van der Waals surface area contributed by atoms with Crippen molar-refractivity contribution in [1.82, 2.24) is 0 Å². The van der Waals surface area contributed by atoms with Crippen LogP contribution in [-0.2, 0) is 10.9 Å². The number of alkyl halides is 3. The monoisotopic (exact) mass is 365 g/mol. The molecule has 21 heavy (non-hydrogen) atoms. The third-order valence-electron chi connectivity index (χ3n) is 4.17. The van der Waals surface area contributed by atoms with Gasteiger partial charge in [-0.25, -0.2) is 0 Å². The second kappa shape index (κ2) is 5.80. The Bertz CT molecular complexity index is 516. The molecule has 1 aromatic rings. The second-order valence-electron chi connectivity index (χ2n) is 5.89. The first-order chi connectivity index (χ1) is 9.66. The number of ether oxygens (including phenoxy) is 1. The molecule has 6 heteroatoms. The van der Waals surface area contributed by atoms with Crippen LogP contribution < -0.4 is 5.32 Å². The van der Waals surface area contributed by atoms with Gasteiger partial charge in [-0.05, 0) is 47.5 Å². The van der Waals surface area contributed by atoms with Gasteiger partial charge in [0, 0.05) is 28.2 Å². The molecule has 0 bridgehead atoms. The minimum Gasteiger partial charge on any atom is -0.381 e. The van der Waals surface area contributed by atoms with Crippen LogP contribution in [-0.4, -0.2) is 18.8 Å². The summed E-state index contributed by atoms with van der Waals surface area (Å²) in [7, 11) is 0. The Hall–Kier alpha value is -0.750. The van der Waals surface area contributed by atoms with Gasteiger partial charge in [0.15, 0.2) is 0 Å². The molecule has 1 saturated carbocycles. The highest BCUT2D eigenvalue weighted by Gasteiger charge is 2.49. The van der Waals surface area contributed by atoms with Gasteiger partial charge >= 0.3 is 6.18 Å². The summed E-state index contributed by atoms with van der Waals surface area (Å²) in [5, 5.41) is 3.21. The van der Waals surface area contributed by atoms with Gasteiger partial charge in [-0.15, -0.1) is 0 Å².